The van der Waals surface area contributed by atoms with Crippen LogP contribution < -0.4 is 0 Å². The van der Waals surface area contributed by atoms with Crippen LogP contribution in [0.2, 0.25) is 0 Å². The van der Waals surface area contributed by atoms with E-state index in [9.17, 15) is 5.26 Å². The topological polar surface area (TPSA) is 62.5 Å². The van der Waals surface area contributed by atoms with Crippen LogP contribution in [0.5, 0.6) is 0 Å². The third-order valence-electron chi connectivity index (χ3n) is 8.26. The first-order valence-corrected chi connectivity index (χ1v) is 13.4. The van der Waals surface area contributed by atoms with E-state index in [4.69, 9.17) is 15.0 Å². The molecule has 6 rings (SSSR count). The molecule has 2 bridgehead atoms. The average molecular weight is 485 g/mol. The maximum absolute atomic E-state index is 10.0. The van der Waals surface area contributed by atoms with Gasteiger partial charge in [-0.3, -0.25) is 0 Å². The van der Waals surface area contributed by atoms with Gasteiger partial charge >= 0.3 is 0 Å². The monoisotopic (exact) mass is 484 g/mol. The third kappa shape index (κ3) is 4.67. The Morgan fingerprint density at radius 3 is 1.70 bits per heavy atom. The quantitative estimate of drug-likeness (QED) is 0.296. The summed E-state index contributed by atoms with van der Waals surface area (Å²) in [6.45, 7) is 4.80. The Morgan fingerprint density at radius 1 is 0.676 bits per heavy atom. The molecule has 4 nitrogen and oxygen atoms in total. The van der Waals surface area contributed by atoms with Gasteiger partial charge < -0.3 is 0 Å². The summed E-state index contributed by atoms with van der Waals surface area (Å²) in [5.41, 5.74) is 4.88. The first kappa shape index (κ1) is 23.6. The lowest BCUT2D eigenvalue weighted by Crippen LogP contribution is -2.42. The fourth-order valence-electron chi connectivity index (χ4n) is 7.12. The van der Waals surface area contributed by atoms with E-state index in [1.54, 1.807) is 0 Å². The van der Waals surface area contributed by atoms with E-state index in [2.05, 4.69) is 32.0 Å². The van der Waals surface area contributed by atoms with Gasteiger partial charge in [-0.1, -0.05) is 74.5 Å². The Labute approximate surface area is 219 Å². The normalized spacial score (nSPS) is 24.8. The second-order valence-electron chi connectivity index (χ2n) is 11.4. The van der Waals surface area contributed by atoms with Crippen LogP contribution in [0.1, 0.15) is 57.1 Å². The molecule has 2 fully saturated rings. The highest BCUT2D eigenvalue weighted by atomic mass is 15.0. The first-order chi connectivity index (χ1) is 18.0. The number of aromatic nitrogens is 3. The summed E-state index contributed by atoms with van der Waals surface area (Å²) < 4.78 is 0. The molecular weight excluding hydrogens is 452 g/mol. The van der Waals surface area contributed by atoms with Crippen LogP contribution in [0.15, 0.2) is 78.9 Å². The van der Waals surface area contributed by atoms with E-state index in [0.29, 0.717) is 34.9 Å². The van der Waals surface area contributed by atoms with E-state index in [0.717, 1.165) is 22.6 Å². The first-order valence-electron chi connectivity index (χ1n) is 13.4. The SMILES string of the molecule is C[C@@H]1C[C@@H]2C[C@H](C)CC(c3cc(C#N)cc(-c4nc(-c5ccccc5)nc(-c5ccccc5)n4)c3)(C1)C2. The lowest BCUT2D eigenvalue weighted by atomic mass is 9.54. The van der Waals surface area contributed by atoms with Gasteiger partial charge in [-0.05, 0) is 79.0 Å². The molecule has 3 aromatic carbocycles. The fourth-order valence-corrected chi connectivity index (χ4v) is 7.12. The molecule has 2 aliphatic rings. The molecule has 1 aromatic heterocycles. The maximum Gasteiger partial charge on any atom is 0.164 e. The molecule has 0 radical (unpaired) electrons. The number of hydrogen-bond acceptors (Lipinski definition) is 4. The largest absolute Gasteiger partial charge is 0.208 e. The summed E-state index contributed by atoms with van der Waals surface area (Å²) in [5, 5.41) is 10.0. The number of hydrogen-bond donors (Lipinski definition) is 0. The minimum Gasteiger partial charge on any atom is -0.208 e. The summed E-state index contributed by atoms with van der Waals surface area (Å²) in [6, 6.07) is 28.9. The Balaban J connectivity index is 1.52. The highest BCUT2D eigenvalue weighted by Gasteiger charge is 2.45. The zero-order valence-corrected chi connectivity index (χ0v) is 21.6. The molecule has 4 heteroatoms. The van der Waals surface area contributed by atoms with Crippen LogP contribution in [0.3, 0.4) is 0 Å². The maximum atomic E-state index is 10.0. The molecular formula is C33H32N4. The Hall–Kier alpha value is -3.84. The number of nitriles is 1. The summed E-state index contributed by atoms with van der Waals surface area (Å²) in [6.07, 6.45) is 6.24. The molecule has 1 unspecified atom stereocenters. The predicted molar refractivity (Wildman–Crippen MR) is 147 cm³/mol. The van der Waals surface area contributed by atoms with Crippen LogP contribution >= 0.6 is 0 Å². The van der Waals surface area contributed by atoms with Crippen molar-refractivity contribution in [3.63, 3.8) is 0 Å². The van der Waals surface area contributed by atoms with Gasteiger partial charge in [0.25, 0.3) is 0 Å². The Bertz CT molecular complexity index is 1380. The number of nitrogens with zero attached hydrogens (tertiary/aromatic N) is 4. The molecule has 4 atom stereocenters. The van der Waals surface area contributed by atoms with Crippen molar-refractivity contribution in [3.05, 3.63) is 90.0 Å². The van der Waals surface area contributed by atoms with Crippen LogP contribution in [0.4, 0.5) is 0 Å². The van der Waals surface area contributed by atoms with E-state index in [1.165, 1.54) is 37.7 Å². The second kappa shape index (κ2) is 9.56. The lowest BCUT2D eigenvalue weighted by Gasteiger charge is -2.50. The molecule has 2 saturated carbocycles. The van der Waals surface area contributed by atoms with Crippen LogP contribution in [-0.2, 0) is 5.41 Å². The molecule has 37 heavy (non-hydrogen) atoms. The highest BCUT2D eigenvalue weighted by molar-refractivity contribution is 5.68. The van der Waals surface area contributed by atoms with Gasteiger partial charge in [-0.15, -0.1) is 0 Å². The third-order valence-corrected chi connectivity index (χ3v) is 8.26. The zero-order chi connectivity index (χ0) is 25.4. The molecule has 184 valence electrons. The molecule has 1 heterocycles. The van der Waals surface area contributed by atoms with E-state index in [-0.39, 0.29) is 5.41 Å². The average Bonchev–Trinajstić information content (AvgIpc) is 2.92. The van der Waals surface area contributed by atoms with Crippen LogP contribution in [0.25, 0.3) is 34.2 Å². The van der Waals surface area contributed by atoms with Crippen molar-refractivity contribution >= 4 is 0 Å². The highest BCUT2D eigenvalue weighted by Crippen LogP contribution is 2.54. The van der Waals surface area contributed by atoms with Gasteiger partial charge in [0.15, 0.2) is 17.5 Å². The lowest BCUT2D eigenvalue weighted by molar-refractivity contribution is 0.0780. The van der Waals surface area contributed by atoms with E-state index in [1.807, 2.05) is 66.7 Å². The predicted octanol–water partition coefficient (Wildman–Crippen LogP) is 7.85. The minimum absolute atomic E-state index is 0.124. The summed E-state index contributed by atoms with van der Waals surface area (Å²) in [7, 11) is 0. The van der Waals surface area contributed by atoms with E-state index >= 15 is 0 Å². The van der Waals surface area contributed by atoms with Crippen LogP contribution in [-0.4, -0.2) is 15.0 Å². The van der Waals surface area contributed by atoms with Crippen molar-refractivity contribution in [1.29, 1.82) is 5.26 Å². The van der Waals surface area contributed by atoms with Crippen molar-refractivity contribution in [2.75, 3.05) is 0 Å². The summed E-state index contributed by atoms with van der Waals surface area (Å²) >= 11 is 0. The molecule has 0 saturated heterocycles. The number of rotatable bonds is 4. The number of fused-ring (bicyclic) bond motifs is 2. The van der Waals surface area contributed by atoms with Crippen molar-refractivity contribution < 1.29 is 0 Å². The smallest absolute Gasteiger partial charge is 0.164 e. The van der Waals surface area contributed by atoms with Crippen molar-refractivity contribution in [2.45, 2.75) is 51.4 Å². The van der Waals surface area contributed by atoms with E-state index < -0.39 is 0 Å². The molecule has 0 amide bonds. The summed E-state index contributed by atoms with van der Waals surface area (Å²) in [4.78, 5) is 14.7. The van der Waals surface area contributed by atoms with Gasteiger partial charge in [0.2, 0.25) is 0 Å². The van der Waals surface area contributed by atoms with Gasteiger partial charge in [-0.2, -0.15) is 5.26 Å². The van der Waals surface area contributed by atoms with Crippen molar-refractivity contribution in [2.24, 2.45) is 17.8 Å². The molecule has 2 aliphatic carbocycles. The fraction of sp³-hybridized carbons (Fsp3) is 0.333. The van der Waals surface area contributed by atoms with Gasteiger partial charge in [-0.25, -0.2) is 15.0 Å². The molecule has 0 aliphatic heterocycles. The Kier molecular flexibility index (Phi) is 6.08. The van der Waals surface area contributed by atoms with Crippen molar-refractivity contribution in [3.8, 4) is 40.2 Å². The molecule has 0 N–H and O–H groups in total. The standard InChI is InChI=1S/C33H32N4/c1-22-13-24-14-23(2)19-33(18-22,20-24)29-16-25(21-34)15-28(17-29)32-36-30(26-9-5-3-6-10-26)35-31(37-32)27-11-7-4-8-12-27/h3-12,15-17,22-24H,13-14,18-20H2,1-2H3/t22-,23+,24-,33?. The molecule has 4 aromatic rings. The second-order valence-corrected chi connectivity index (χ2v) is 11.4. The molecule has 0 spiro atoms. The number of benzene rings is 3. The van der Waals surface area contributed by atoms with Crippen LogP contribution in [0, 0.1) is 29.1 Å². The van der Waals surface area contributed by atoms with Gasteiger partial charge in [0.1, 0.15) is 0 Å². The van der Waals surface area contributed by atoms with Gasteiger partial charge in [0.05, 0.1) is 11.6 Å². The Morgan fingerprint density at radius 2 is 1.19 bits per heavy atom. The zero-order valence-electron chi connectivity index (χ0n) is 21.6. The minimum atomic E-state index is 0.124. The van der Waals surface area contributed by atoms with Crippen molar-refractivity contribution in [1.82, 2.24) is 15.0 Å². The van der Waals surface area contributed by atoms with Gasteiger partial charge in [0, 0.05) is 16.7 Å². The summed E-state index contributed by atoms with van der Waals surface area (Å²) in [5.74, 6) is 4.08.